The number of hydrogen-bond donors (Lipinski definition) is 1. The molecule has 1 N–H and O–H groups in total. The van der Waals surface area contributed by atoms with E-state index in [-0.39, 0.29) is 5.91 Å². The highest BCUT2D eigenvalue weighted by atomic mass is 35.5. The molecule has 8 nitrogen and oxygen atoms in total. The molecular formula is C21H14ClN5O3. The minimum Gasteiger partial charge on any atom is -0.423 e. The fourth-order valence-corrected chi connectivity index (χ4v) is 2.95. The quantitative estimate of drug-likeness (QED) is 0.390. The third kappa shape index (κ3) is 4.18. The predicted octanol–water partition coefficient (Wildman–Crippen LogP) is 3.79. The lowest BCUT2D eigenvalue weighted by atomic mass is 10.2. The number of halogens is 1. The van der Waals surface area contributed by atoms with Crippen LogP contribution in [0, 0.1) is 0 Å². The molecular weight excluding hydrogens is 406 g/mol. The number of carbonyl (C=O) groups is 2. The summed E-state index contributed by atoms with van der Waals surface area (Å²) in [6.45, 7) is 0. The molecule has 1 heterocycles. The van der Waals surface area contributed by atoms with Gasteiger partial charge in [-0.25, -0.2) is 4.79 Å². The first-order chi connectivity index (χ1) is 14.6. The molecule has 0 saturated heterocycles. The number of para-hydroxylation sites is 1. The molecule has 4 rings (SSSR count). The summed E-state index contributed by atoms with van der Waals surface area (Å²) in [5, 5.41) is 14.1. The van der Waals surface area contributed by atoms with Crippen molar-refractivity contribution < 1.29 is 14.3 Å². The molecule has 1 amide bonds. The second-order valence-electron chi connectivity index (χ2n) is 6.12. The highest BCUT2D eigenvalue weighted by Gasteiger charge is 2.16. The Morgan fingerprint density at radius 1 is 0.900 bits per heavy atom. The van der Waals surface area contributed by atoms with Gasteiger partial charge in [0.1, 0.15) is 12.1 Å². The SMILES string of the molecule is O=C(Nc1ccc(OC(=O)c2ccccc2-n2cnnn2)cc1)c1ccccc1Cl. The number of nitrogens with one attached hydrogen (secondary N) is 1. The van der Waals surface area contributed by atoms with E-state index < -0.39 is 5.97 Å². The molecule has 0 aliphatic rings. The number of aromatic nitrogens is 4. The third-order valence-corrected chi connectivity index (χ3v) is 4.49. The number of amides is 1. The van der Waals surface area contributed by atoms with Crippen LogP contribution in [-0.2, 0) is 0 Å². The number of nitrogens with zero attached hydrogens (tertiary/aromatic N) is 4. The zero-order valence-electron chi connectivity index (χ0n) is 15.4. The summed E-state index contributed by atoms with van der Waals surface area (Å²) >= 11 is 6.04. The number of esters is 1. The Hall–Kier alpha value is -4.04. The average molecular weight is 420 g/mol. The van der Waals surface area contributed by atoms with E-state index in [1.165, 1.54) is 11.0 Å². The van der Waals surface area contributed by atoms with E-state index in [2.05, 4.69) is 20.8 Å². The minimum absolute atomic E-state index is 0.306. The van der Waals surface area contributed by atoms with Gasteiger partial charge in [0.05, 0.1) is 21.8 Å². The van der Waals surface area contributed by atoms with Crippen LogP contribution in [-0.4, -0.2) is 32.1 Å². The number of carbonyl (C=O) groups excluding carboxylic acids is 2. The van der Waals surface area contributed by atoms with Crippen molar-refractivity contribution in [2.45, 2.75) is 0 Å². The van der Waals surface area contributed by atoms with Gasteiger partial charge >= 0.3 is 5.97 Å². The van der Waals surface area contributed by atoms with Crippen molar-refractivity contribution in [3.05, 3.63) is 95.3 Å². The number of rotatable bonds is 5. The Labute approximate surface area is 176 Å². The fraction of sp³-hybridized carbons (Fsp3) is 0. The van der Waals surface area contributed by atoms with Gasteiger partial charge in [0.15, 0.2) is 0 Å². The number of tetrazole rings is 1. The monoisotopic (exact) mass is 419 g/mol. The largest absolute Gasteiger partial charge is 0.423 e. The van der Waals surface area contributed by atoms with Crippen molar-refractivity contribution in [2.75, 3.05) is 5.32 Å². The first-order valence-corrected chi connectivity index (χ1v) is 9.20. The highest BCUT2D eigenvalue weighted by Crippen LogP contribution is 2.21. The van der Waals surface area contributed by atoms with Crippen molar-refractivity contribution in [1.29, 1.82) is 0 Å². The van der Waals surface area contributed by atoms with Gasteiger partial charge in [-0.05, 0) is 59.0 Å². The number of ether oxygens (including phenoxy) is 1. The van der Waals surface area contributed by atoms with Gasteiger partial charge < -0.3 is 10.1 Å². The maximum absolute atomic E-state index is 12.6. The first-order valence-electron chi connectivity index (χ1n) is 8.82. The van der Waals surface area contributed by atoms with Crippen LogP contribution in [0.25, 0.3) is 5.69 Å². The molecule has 3 aromatic carbocycles. The van der Waals surface area contributed by atoms with E-state index in [1.54, 1.807) is 72.8 Å². The van der Waals surface area contributed by atoms with Gasteiger partial charge in [-0.1, -0.05) is 35.9 Å². The zero-order chi connectivity index (χ0) is 20.9. The first kappa shape index (κ1) is 19.3. The Bertz CT molecular complexity index is 1190. The minimum atomic E-state index is -0.561. The van der Waals surface area contributed by atoms with Crippen LogP contribution < -0.4 is 10.1 Å². The Morgan fingerprint density at radius 3 is 2.30 bits per heavy atom. The fourth-order valence-electron chi connectivity index (χ4n) is 2.73. The topological polar surface area (TPSA) is 99.0 Å². The summed E-state index contributed by atoms with van der Waals surface area (Å²) < 4.78 is 6.83. The van der Waals surface area contributed by atoms with Crippen LogP contribution in [0.15, 0.2) is 79.1 Å². The molecule has 9 heteroatoms. The molecule has 1 aromatic heterocycles. The van der Waals surface area contributed by atoms with Crippen molar-refractivity contribution >= 4 is 29.2 Å². The standard InChI is InChI=1S/C21H14ClN5O3/c22-18-7-3-1-5-16(18)20(28)24-14-9-11-15(12-10-14)30-21(29)17-6-2-4-8-19(17)27-13-23-25-26-27/h1-13H,(H,24,28). The van der Waals surface area contributed by atoms with E-state index in [0.717, 1.165) is 0 Å². The Kier molecular flexibility index (Phi) is 5.49. The lowest BCUT2D eigenvalue weighted by Gasteiger charge is -2.10. The maximum Gasteiger partial charge on any atom is 0.345 e. The van der Waals surface area contributed by atoms with Crippen LogP contribution in [0.2, 0.25) is 5.02 Å². The van der Waals surface area contributed by atoms with E-state index in [1.807, 2.05) is 0 Å². The zero-order valence-corrected chi connectivity index (χ0v) is 16.2. The van der Waals surface area contributed by atoms with Crippen molar-refractivity contribution in [3.8, 4) is 11.4 Å². The number of benzene rings is 3. The lowest BCUT2D eigenvalue weighted by molar-refractivity contribution is 0.0734. The predicted molar refractivity (Wildman–Crippen MR) is 110 cm³/mol. The van der Waals surface area contributed by atoms with E-state index in [4.69, 9.17) is 16.3 Å². The highest BCUT2D eigenvalue weighted by molar-refractivity contribution is 6.34. The van der Waals surface area contributed by atoms with Gasteiger partial charge in [0.2, 0.25) is 0 Å². The van der Waals surface area contributed by atoms with Crippen LogP contribution in [0.1, 0.15) is 20.7 Å². The molecule has 148 valence electrons. The van der Waals surface area contributed by atoms with Crippen LogP contribution in [0.3, 0.4) is 0 Å². The summed E-state index contributed by atoms with van der Waals surface area (Å²) in [7, 11) is 0. The second kappa shape index (κ2) is 8.54. The van der Waals surface area contributed by atoms with Gasteiger partial charge in [-0.15, -0.1) is 5.10 Å². The molecule has 0 aliphatic carbocycles. The van der Waals surface area contributed by atoms with Gasteiger partial charge in [-0.3, -0.25) is 4.79 Å². The van der Waals surface area contributed by atoms with E-state index in [9.17, 15) is 9.59 Å². The molecule has 0 aliphatic heterocycles. The van der Waals surface area contributed by atoms with Crippen LogP contribution in [0.5, 0.6) is 5.75 Å². The van der Waals surface area contributed by atoms with E-state index >= 15 is 0 Å². The van der Waals surface area contributed by atoms with Crippen molar-refractivity contribution in [2.24, 2.45) is 0 Å². The molecule has 0 bridgehead atoms. The molecule has 0 unspecified atom stereocenters. The molecule has 0 radical (unpaired) electrons. The summed E-state index contributed by atoms with van der Waals surface area (Å²) in [4.78, 5) is 25.0. The molecule has 30 heavy (non-hydrogen) atoms. The molecule has 0 saturated carbocycles. The number of anilines is 1. The smallest absolute Gasteiger partial charge is 0.345 e. The summed E-state index contributed by atoms with van der Waals surface area (Å²) in [6.07, 6.45) is 1.39. The second-order valence-corrected chi connectivity index (χ2v) is 6.53. The van der Waals surface area contributed by atoms with Gasteiger partial charge in [0.25, 0.3) is 5.91 Å². The summed E-state index contributed by atoms with van der Waals surface area (Å²) in [6, 6.07) is 20.0. The normalized spacial score (nSPS) is 10.4. The summed E-state index contributed by atoms with van der Waals surface area (Å²) in [5.74, 6) is -0.572. The van der Waals surface area contributed by atoms with Crippen molar-refractivity contribution in [3.63, 3.8) is 0 Å². The molecule has 4 aromatic rings. The van der Waals surface area contributed by atoms with Crippen molar-refractivity contribution in [1.82, 2.24) is 20.2 Å². The molecule has 0 atom stereocenters. The Balaban J connectivity index is 1.46. The number of hydrogen-bond acceptors (Lipinski definition) is 6. The molecule has 0 spiro atoms. The van der Waals surface area contributed by atoms with Gasteiger partial charge in [0, 0.05) is 5.69 Å². The van der Waals surface area contributed by atoms with Gasteiger partial charge in [-0.2, -0.15) is 4.68 Å². The molecule has 0 fully saturated rings. The lowest BCUT2D eigenvalue weighted by Crippen LogP contribution is -2.13. The third-order valence-electron chi connectivity index (χ3n) is 4.16. The maximum atomic E-state index is 12.6. The van der Waals surface area contributed by atoms with E-state index in [0.29, 0.717) is 33.3 Å². The Morgan fingerprint density at radius 2 is 1.60 bits per heavy atom. The summed E-state index contributed by atoms with van der Waals surface area (Å²) in [5.41, 5.74) is 1.71. The van der Waals surface area contributed by atoms with Crippen LogP contribution >= 0.6 is 11.6 Å². The van der Waals surface area contributed by atoms with Crippen LogP contribution in [0.4, 0.5) is 5.69 Å². The average Bonchev–Trinajstić information content (AvgIpc) is 3.30.